The lowest BCUT2D eigenvalue weighted by Crippen LogP contribution is -2.39. The van der Waals surface area contributed by atoms with Crippen LogP contribution in [-0.2, 0) is 4.79 Å². The highest BCUT2D eigenvalue weighted by Crippen LogP contribution is 2.41. The number of hydrogen-bond donors (Lipinski definition) is 1. The summed E-state index contributed by atoms with van der Waals surface area (Å²) in [6, 6.07) is 17.2. The maximum atomic E-state index is 12.5. The highest BCUT2D eigenvalue weighted by atomic mass is 35.5. The second kappa shape index (κ2) is 7.05. The van der Waals surface area contributed by atoms with Crippen LogP contribution >= 0.6 is 11.6 Å². The van der Waals surface area contributed by atoms with Gasteiger partial charge in [0.2, 0.25) is 0 Å². The van der Waals surface area contributed by atoms with E-state index in [2.05, 4.69) is 17.4 Å². The maximum Gasteiger partial charge on any atom is 0.261 e. The molecule has 0 bridgehead atoms. The summed E-state index contributed by atoms with van der Waals surface area (Å²) in [5.41, 5.74) is 1.15. The fourth-order valence-corrected chi connectivity index (χ4v) is 2.73. The van der Waals surface area contributed by atoms with Crippen LogP contribution in [0.4, 0.5) is 0 Å². The lowest BCUT2D eigenvalue weighted by atomic mass is 10.0. The molecule has 1 aliphatic carbocycles. The topological polar surface area (TPSA) is 38.3 Å². The molecule has 0 saturated heterocycles. The third-order valence-electron chi connectivity index (χ3n) is 4.05. The van der Waals surface area contributed by atoms with Gasteiger partial charge < -0.3 is 10.1 Å². The van der Waals surface area contributed by atoms with Gasteiger partial charge in [0.05, 0.1) is 6.04 Å². The van der Waals surface area contributed by atoms with Crippen LogP contribution in [0.5, 0.6) is 5.75 Å². The van der Waals surface area contributed by atoms with Crippen LogP contribution in [0, 0.1) is 5.92 Å². The molecule has 4 heteroatoms. The van der Waals surface area contributed by atoms with Crippen molar-refractivity contribution in [2.24, 2.45) is 5.92 Å². The maximum absolute atomic E-state index is 12.5. The van der Waals surface area contributed by atoms with Gasteiger partial charge in [-0.3, -0.25) is 4.79 Å². The molecule has 3 rings (SSSR count). The highest BCUT2D eigenvalue weighted by molar-refractivity contribution is 6.30. The first-order valence-electron chi connectivity index (χ1n) is 7.91. The van der Waals surface area contributed by atoms with E-state index in [4.69, 9.17) is 16.3 Å². The fraction of sp³-hybridized carbons (Fsp3) is 0.316. The average molecular weight is 330 g/mol. The Hall–Kier alpha value is -2.00. The number of rotatable bonds is 6. The molecule has 2 atom stereocenters. The van der Waals surface area contributed by atoms with E-state index in [9.17, 15) is 4.79 Å². The largest absolute Gasteiger partial charge is 0.481 e. The number of nitrogens with one attached hydrogen (secondary N) is 1. The number of benzene rings is 2. The minimum Gasteiger partial charge on any atom is -0.481 e. The number of hydrogen-bond acceptors (Lipinski definition) is 2. The van der Waals surface area contributed by atoms with Crippen LogP contribution < -0.4 is 10.1 Å². The van der Waals surface area contributed by atoms with E-state index in [-0.39, 0.29) is 11.9 Å². The quantitative estimate of drug-likeness (QED) is 0.854. The normalized spacial score (nSPS) is 16.4. The first-order valence-corrected chi connectivity index (χ1v) is 8.29. The van der Waals surface area contributed by atoms with E-state index in [1.807, 2.05) is 18.2 Å². The highest BCUT2D eigenvalue weighted by Gasteiger charge is 2.34. The first kappa shape index (κ1) is 15.9. The molecule has 1 saturated carbocycles. The molecule has 0 unspecified atom stereocenters. The van der Waals surface area contributed by atoms with Crippen LogP contribution in [-0.4, -0.2) is 12.0 Å². The summed E-state index contributed by atoms with van der Waals surface area (Å²) in [5.74, 6) is 1.07. The van der Waals surface area contributed by atoms with Crippen LogP contribution in [0.1, 0.15) is 31.4 Å². The standard InChI is InChI=1S/C19H20ClNO2/c1-13(23-17-11-9-16(20)10-12-17)19(22)21-18(15-7-8-15)14-5-3-2-4-6-14/h2-6,9-13,15,18H,7-8H2,1H3,(H,21,22)/t13-,18+/m0/s1. The Morgan fingerprint density at radius 1 is 1.13 bits per heavy atom. The van der Waals surface area contributed by atoms with Gasteiger partial charge in [0, 0.05) is 5.02 Å². The van der Waals surface area contributed by atoms with Gasteiger partial charge in [-0.25, -0.2) is 0 Å². The molecule has 0 spiro atoms. The van der Waals surface area contributed by atoms with Gasteiger partial charge in [-0.05, 0) is 55.5 Å². The number of halogens is 1. The predicted molar refractivity (Wildman–Crippen MR) is 91.6 cm³/mol. The molecule has 2 aromatic rings. The summed E-state index contributed by atoms with van der Waals surface area (Å²) in [6.45, 7) is 1.76. The number of carbonyl (C=O) groups is 1. The fourth-order valence-electron chi connectivity index (χ4n) is 2.60. The van der Waals surface area contributed by atoms with Gasteiger partial charge in [0.1, 0.15) is 5.75 Å². The van der Waals surface area contributed by atoms with Gasteiger partial charge in [-0.15, -0.1) is 0 Å². The Bertz CT molecular complexity index is 653. The number of amides is 1. The molecular formula is C19H20ClNO2. The van der Waals surface area contributed by atoms with Crippen molar-refractivity contribution in [3.8, 4) is 5.75 Å². The lowest BCUT2D eigenvalue weighted by Gasteiger charge is -2.22. The first-order chi connectivity index (χ1) is 11.1. The third kappa shape index (κ3) is 4.26. The third-order valence-corrected chi connectivity index (χ3v) is 4.30. The van der Waals surface area contributed by atoms with Crippen LogP contribution in [0.25, 0.3) is 0 Å². The van der Waals surface area contributed by atoms with Crippen molar-refractivity contribution in [3.05, 3.63) is 65.2 Å². The Labute approximate surface area is 141 Å². The summed E-state index contributed by atoms with van der Waals surface area (Å²) in [4.78, 5) is 12.5. The molecule has 120 valence electrons. The average Bonchev–Trinajstić information content (AvgIpc) is 3.40. The number of carbonyl (C=O) groups excluding carboxylic acids is 1. The van der Waals surface area contributed by atoms with E-state index in [0.717, 1.165) is 18.4 Å². The Balaban J connectivity index is 1.63. The van der Waals surface area contributed by atoms with E-state index < -0.39 is 6.10 Å². The van der Waals surface area contributed by atoms with Gasteiger partial charge in [0.25, 0.3) is 5.91 Å². The van der Waals surface area contributed by atoms with Crippen molar-refractivity contribution in [2.75, 3.05) is 0 Å². The minimum atomic E-state index is -0.555. The van der Waals surface area contributed by atoms with E-state index in [1.54, 1.807) is 31.2 Å². The Morgan fingerprint density at radius 3 is 2.39 bits per heavy atom. The molecule has 2 aromatic carbocycles. The van der Waals surface area contributed by atoms with Crippen molar-refractivity contribution < 1.29 is 9.53 Å². The van der Waals surface area contributed by atoms with Crippen molar-refractivity contribution in [1.29, 1.82) is 0 Å². The molecule has 1 aliphatic rings. The van der Waals surface area contributed by atoms with E-state index in [1.165, 1.54) is 0 Å². The summed E-state index contributed by atoms with van der Waals surface area (Å²) >= 11 is 5.85. The minimum absolute atomic E-state index is 0.0694. The van der Waals surface area contributed by atoms with Crippen LogP contribution in [0.2, 0.25) is 5.02 Å². The van der Waals surface area contributed by atoms with E-state index in [0.29, 0.717) is 16.7 Å². The zero-order chi connectivity index (χ0) is 16.2. The monoisotopic (exact) mass is 329 g/mol. The second-order valence-electron chi connectivity index (χ2n) is 5.95. The molecule has 3 nitrogen and oxygen atoms in total. The molecular weight excluding hydrogens is 310 g/mol. The van der Waals surface area contributed by atoms with Crippen molar-refractivity contribution in [2.45, 2.75) is 31.9 Å². The summed E-state index contributed by atoms with van der Waals surface area (Å²) in [6.07, 6.45) is 1.76. The molecule has 1 amide bonds. The molecule has 0 heterocycles. The van der Waals surface area contributed by atoms with Crippen molar-refractivity contribution >= 4 is 17.5 Å². The van der Waals surface area contributed by atoms with Gasteiger partial charge >= 0.3 is 0 Å². The zero-order valence-electron chi connectivity index (χ0n) is 13.0. The Kier molecular flexibility index (Phi) is 4.87. The number of ether oxygens (including phenoxy) is 1. The molecule has 0 aliphatic heterocycles. The van der Waals surface area contributed by atoms with E-state index >= 15 is 0 Å². The zero-order valence-corrected chi connectivity index (χ0v) is 13.8. The van der Waals surface area contributed by atoms with Crippen molar-refractivity contribution in [1.82, 2.24) is 5.32 Å². The SMILES string of the molecule is C[C@H](Oc1ccc(Cl)cc1)C(=O)N[C@H](c1ccccc1)C1CC1. The van der Waals surface area contributed by atoms with Gasteiger partial charge in [-0.1, -0.05) is 41.9 Å². The second-order valence-corrected chi connectivity index (χ2v) is 6.38. The summed E-state index contributed by atoms with van der Waals surface area (Å²) < 4.78 is 5.70. The lowest BCUT2D eigenvalue weighted by molar-refractivity contribution is -0.128. The molecule has 0 aromatic heterocycles. The predicted octanol–water partition coefficient (Wildman–Crippen LogP) is 4.37. The van der Waals surface area contributed by atoms with Crippen molar-refractivity contribution in [3.63, 3.8) is 0 Å². The van der Waals surface area contributed by atoms with Gasteiger partial charge in [-0.2, -0.15) is 0 Å². The summed E-state index contributed by atoms with van der Waals surface area (Å²) in [7, 11) is 0. The summed E-state index contributed by atoms with van der Waals surface area (Å²) in [5, 5.41) is 3.78. The molecule has 0 radical (unpaired) electrons. The molecule has 23 heavy (non-hydrogen) atoms. The molecule has 1 fully saturated rings. The smallest absolute Gasteiger partial charge is 0.261 e. The van der Waals surface area contributed by atoms with Crippen LogP contribution in [0.15, 0.2) is 54.6 Å². The molecule has 1 N–H and O–H groups in total. The Morgan fingerprint density at radius 2 is 1.78 bits per heavy atom. The van der Waals surface area contributed by atoms with Crippen LogP contribution in [0.3, 0.4) is 0 Å². The van der Waals surface area contributed by atoms with Gasteiger partial charge in [0.15, 0.2) is 6.10 Å².